The quantitative estimate of drug-likeness (QED) is 0.307. The van der Waals surface area contributed by atoms with Gasteiger partial charge in [0.1, 0.15) is 17.4 Å². The van der Waals surface area contributed by atoms with Gasteiger partial charge in [0.05, 0.1) is 10.3 Å². The SMILES string of the molecule is CCC(C)C(NS(=O)(=O)c1ccc(C)cc1)C(=O)Oc1cc(C)cc2oc(=O)c3c(c12)CCC3. The van der Waals surface area contributed by atoms with Crippen molar-refractivity contribution in [2.75, 3.05) is 0 Å². The summed E-state index contributed by atoms with van der Waals surface area (Å²) in [6, 6.07) is 8.82. The zero-order valence-corrected chi connectivity index (χ0v) is 20.6. The van der Waals surface area contributed by atoms with E-state index in [4.69, 9.17) is 9.15 Å². The van der Waals surface area contributed by atoms with Crippen LogP contribution >= 0.6 is 0 Å². The molecule has 0 fully saturated rings. The van der Waals surface area contributed by atoms with E-state index in [1.165, 1.54) is 12.1 Å². The van der Waals surface area contributed by atoms with Crippen LogP contribution in [0.15, 0.2) is 50.5 Å². The van der Waals surface area contributed by atoms with Crippen LogP contribution in [0, 0.1) is 19.8 Å². The summed E-state index contributed by atoms with van der Waals surface area (Å²) in [5, 5.41) is 0.607. The highest BCUT2D eigenvalue weighted by Gasteiger charge is 2.32. The van der Waals surface area contributed by atoms with Gasteiger partial charge in [-0.25, -0.2) is 18.0 Å². The van der Waals surface area contributed by atoms with Gasteiger partial charge in [-0.1, -0.05) is 38.0 Å². The van der Waals surface area contributed by atoms with Crippen molar-refractivity contribution in [3.63, 3.8) is 0 Å². The molecule has 3 aromatic rings. The van der Waals surface area contributed by atoms with Crippen molar-refractivity contribution in [2.45, 2.75) is 64.3 Å². The second-order valence-electron chi connectivity index (χ2n) is 9.06. The second kappa shape index (κ2) is 9.35. The molecule has 1 aromatic heterocycles. The summed E-state index contributed by atoms with van der Waals surface area (Å²) >= 11 is 0. The molecule has 0 saturated heterocycles. The van der Waals surface area contributed by atoms with Gasteiger partial charge in [-0.2, -0.15) is 4.72 Å². The number of hydrogen-bond acceptors (Lipinski definition) is 6. The highest BCUT2D eigenvalue weighted by Crippen LogP contribution is 2.35. The number of esters is 1. The van der Waals surface area contributed by atoms with E-state index in [-0.39, 0.29) is 22.2 Å². The maximum Gasteiger partial charge on any atom is 0.339 e. The Labute approximate surface area is 199 Å². The van der Waals surface area contributed by atoms with E-state index in [0.29, 0.717) is 35.8 Å². The summed E-state index contributed by atoms with van der Waals surface area (Å²) in [5.41, 5.74) is 3.17. The smallest absolute Gasteiger partial charge is 0.339 e. The van der Waals surface area contributed by atoms with Crippen LogP contribution in [0.1, 0.15) is 48.9 Å². The summed E-state index contributed by atoms with van der Waals surface area (Å²) in [7, 11) is -3.95. The number of rotatable bonds is 7. The van der Waals surface area contributed by atoms with Crippen LogP contribution in [-0.2, 0) is 27.7 Å². The third-order valence-corrected chi connectivity index (χ3v) is 7.93. The number of fused-ring (bicyclic) bond motifs is 3. The van der Waals surface area contributed by atoms with E-state index < -0.39 is 22.0 Å². The van der Waals surface area contributed by atoms with E-state index in [2.05, 4.69) is 4.72 Å². The van der Waals surface area contributed by atoms with Gasteiger partial charge in [0.15, 0.2) is 0 Å². The molecule has 2 unspecified atom stereocenters. The maximum absolute atomic E-state index is 13.4. The fraction of sp³-hybridized carbons (Fsp3) is 0.385. The molecule has 8 heteroatoms. The monoisotopic (exact) mass is 483 g/mol. The number of sulfonamides is 1. The van der Waals surface area contributed by atoms with Gasteiger partial charge in [-0.3, -0.25) is 0 Å². The normalized spacial score (nSPS) is 15.2. The Morgan fingerprint density at radius 1 is 1.09 bits per heavy atom. The summed E-state index contributed by atoms with van der Waals surface area (Å²) in [4.78, 5) is 25.8. The third kappa shape index (κ3) is 4.65. The molecule has 0 aliphatic heterocycles. The Kier molecular flexibility index (Phi) is 6.64. The minimum absolute atomic E-state index is 0.0832. The fourth-order valence-electron chi connectivity index (χ4n) is 4.34. The highest BCUT2D eigenvalue weighted by atomic mass is 32.2. The standard InChI is InChI=1S/C26H29NO6S/c1-5-17(4)24(27-34(30,31)18-11-9-15(2)10-12-18)26(29)33-22-14-16(3)13-21-23(22)19-7-6-8-20(19)25(28)32-21/h9-14,17,24,27H,5-8H2,1-4H3. The maximum atomic E-state index is 13.4. The molecule has 2 aromatic carbocycles. The van der Waals surface area contributed by atoms with E-state index in [9.17, 15) is 18.0 Å². The van der Waals surface area contributed by atoms with Crippen LogP contribution in [0.25, 0.3) is 11.0 Å². The largest absolute Gasteiger partial charge is 0.425 e. The second-order valence-corrected chi connectivity index (χ2v) is 10.8. The molecule has 0 bridgehead atoms. The predicted molar refractivity (Wildman–Crippen MR) is 130 cm³/mol. The summed E-state index contributed by atoms with van der Waals surface area (Å²) in [6.07, 6.45) is 2.71. The average molecular weight is 484 g/mol. The van der Waals surface area contributed by atoms with Crippen molar-refractivity contribution in [3.05, 3.63) is 69.1 Å². The van der Waals surface area contributed by atoms with Crippen LogP contribution in [0.5, 0.6) is 5.75 Å². The summed E-state index contributed by atoms with van der Waals surface area (Å²) in [5.74, 6) is -0.730. The van der Waals surface area contributed by atoms with Crippen molar-refractivity contribution in [2.24, 2.45) is 5.92 Å². The van der Waals surface area contributed by atoms with Crippen molar-refractivity contribution in [1.82, 2.24) is 4.72 Å². The molecule has 180 valence electrons. The zero-order valence-electron chi connectivity index (χ0n) is 19.8. The van der Waals surface area contributed by atoms with Crippen LogP contribution < -0.4 is 15.1 Å². The summed E-state index contributed by atoms with van der Waals surface area (Å²) in [6.45, 7) is 7.37. The third-order valence-electron chi connectivity index (χ3n) is 6.47. The molecule has 1 aliphatic carbocycles. The number of carbonyl (C=O) groups is 1. The minimum atomic E-state index is -3.95. The lowest BCUT2D eigenvalue weighted by Gasteiger charge is -2.23. The molecule has 1 heterocycles. The highest BCUT2D eigenvalue weighted by molar-refractivity contribution is 7.89. The Morgan fingerprint density at radius 2 is 1.76 bits per heavy atom. The first kappa shape index (κ1) is 24.2. The number of carbonyl (C=O) groups excluding carboxylic acids is 1. The van der Waals surface area contributed by atoms with Gasteiger partial charge in [0, 0.05) is 5.56 Å². The molecule has 2 atom stereocenters. The van der Waals surface area contributed by atoms with Gasteiger partial charge >= 0.3 is 11.6 Å². The van der Waals surface area contributed by atoms with Gasteiger partial charge in [0.25, 0.3) is 0 Å². The molecule has 34 heavy (non-hydrogen) atoms. The lowest BCUT2D eigenvalue weighted by atomic mass is 10.00. The summed E-state index contributed by atoms with van der Waals surface area (Å²) < 4.78 is 39.9. The first-order valence-electron chi connectivity index (χ1n) is 11.5. The van der Waals surface area contributed by atoms with E-state index in [0.717, 1.165) is 23.1 Å². The van der Waals surface area contributed by atoms with Crippen LogP contribution in [0.4, 0.5) is 0 Å². The lowest BCUT2D eigenvalue weighted by Crippen LogP contribution is -2.47. The lowest BCUT2D eigenvalue weighted by molar-refractivity contribution is -0.137. The molecule has 0 radical (unpaired) electrons. The Balaban J connectivity index is 1.71. The molecule has 1 aliphatic rings. The van der Waals surface area contributed by atoms with Crippen LogP contribution in [0.3, 0.4) is 0 Å². The molecule has 0 amide bonds. The van der Waals surface area contributed by atoms with Gasteiger partial charge in [-0.05, 0) is 74.4 Å². The molecule has 7 nitrogen and oxygen atoms in total. The zero-order chi connectivity index (χ0) is 24.6. The molecule has 4 rings (SSSR count). The van der Waals surface area contributed by atoms with Crippen molar-refractivity contribution in [3.8, 4) is 5.75 Å². The van der Waals surface area contributed by atoms with Gasteiger partial charge in [-0.15, -0.1) is 0 Å². The van der Waals surface area contributed by atoms with E-state index in [1.807, 2.05) is 20.8 Å². The Morgan fingerprint density at radius 3 is 2.44 bits per heavy atom. The number of aryl methyl sites for hydroxylation is 3. The molecular formula is C26H29NO6S. The number of ether oxygens (including phenoxy) is 1. The van der Waals surface area contributed by atoms with Crippen molar-refractivity contribution >= 4 is 27.0 Å². The molecule has 1 N–H and O–H groups in total. The molecular weight excluding hydrogens is 454 g/mol. The predicted octanol–water partition coefficient (Wildman–Crippen LogP) is 4.20. The topological polar surface area (TPSA) is 103 Å². The first-order chi connectivity index (χ1) is 16.1. The minimum Gasteiger partial charge on any atom is -0.425 e. The Bertz CT molecular complexity index is 1410. The molecule has 0 spiro atoms. The van der Waals surface area contributed by atoms with Crippen LogP contribution in [0.2, 0.25) is 0 Å². The fourth-order valence-corrected chi connectivity index (χ4v) is 5.64. The average Bonchev–Trinajstić information content (AvgIpc) is 3.27. The number of benzene rings is 2. The number of nitrogens with one attached hydrogen (secondary N) is 1. The Hall–Kier alpha value is -2.97. The van der Waals surface area contributed by atoms with Crippen molar-refractivity contribution < 1.29 is 22.4 Å². The first-order valence-corrected chi connectivity index (χ1v) is 13.0. The van der Waals surface area contributed by atoms with E-state index >= 15 is 0 Å². The molecule has 0 saturated carbocycles. The number of hydrogen-bond donors (Lipinski definition) is 1. The van der Waals surface area contributed by atoms with E-state index in [1.54, 1.807) is 31.2 Å². The van der Waals surface area contributed by atoms with Crippen LogP contribution in [-0.4, -0.2) is 20.4 Å². The van der Waals surface area contributed by atoms with Gasteiger partial charge < -0.3 is 9.15 Å². The van der Waals surface area contributed by atoms with Crippen molar-refractivity contribution in [1.29, 1.82) is 0 Å². The van der Waals surface area contributed by atoms with Gasteiger partial charge in [0.2, 0.25) is 10.0 Å².